The van der Waals surface area contributed by atoms with Gasteiger partial charge in [-0.1, -0.05) is 24.3 Å². The van der Waals surface area contributed by atoms with Gasteiger partial charge in [-0.05, 0) is 37.6 Å². The molecule has 0 atom stereocenters. The predicted octanol–water partition coefficient (Wildman–Crippen LogP) is 3.53. The van der Waals surface area contributed by atoms with E-state index in [9.17, 15) is 0 Å². The summed E-state index contributed by atoms with van der Waals surface area (Å²) in [6.45, 7) is 3.79. The van der Waals surface area contributed by atoms with Crippen LogP contribution in [0.2, 0.25) is 5.28 Å². The fraction of sp³-hybridized carbons (Fsp3) is 0.200. The largest absolute Gasteiger partial charge is 0.461 e. The molecule has 2 heterocycles. The van der Waals surface area contributed by atoms with Crippen LogP contribution in [0.4, 0.5) is 0 Å². The Morgan fingerprint density at radius 1 is 0.952 bits per heavy atom. The zero-order valence-corrected chi connectivity index (χ0v) is 12.4. The molecule has 5 nitrogen and oxygen atoms in total. The summed E-state index contributed by atoms with van der Waals surface area (Å²) >= 11 is 5.93. The van der Waals surface area contributed by atoms with Crippen LogP contribution in [0.1, 0.15) is 13.8 Å². The van der Waals surface area contributed by atoms with E-state index in [1.807, 2.05) is 50.2 Å². The van der Waals surface area contributed by atoms with Gasteiger partial charge in [-0.2, -0.15) is 15.0 Å². The van der Waals surface area contributed by atoms with Crippen molar-refractivity contribution in [1.82, 2.24) is 19.9 Å². The molecule has 0 N–H and O–H groups in total. The molecule has 0 bridgehead atoms. The van der Waals surface area contributed by atoms with Crippen molar-refractivity contribution < 1.29 is 4.74 Å². The molecule has 0 saturated heterocycles. The van der Waals surface area contributed by atoms with E-state index < -0.39 is 0 Å². The van der Waals surface area contributed by atoms with Gasteiger partial charge in [0.15, 0.2) is 5.82 Å². The summed E-state index contributed by atoms with van der Waals surface area (Å²) in [5, 5.41) is 1.14. The molecule has 3 rings (SSSR count). The molecule has 0 spiro atoms. The minimum absolute atomic E-state index is 0.0409. The van der Waals surface area contributed by atoms with E-state index in [1.165, 1.54) is 0 Å². The van der Waals surface area contributed by atoms with Crippen molar-refractivity contribution in [3.63, 3.8) is 0 Å². The number of ether oxygens (including phenoxy) is 1. The average Bonchev–Trinajstić information content (AvgIpc) is 2.45. The number of pyridine rings is 1. The highest BCUT2D eigenvalue weighted by Gasteiger charge is 2.11. The van der Waals surface area contributed by atoms with Gasteiger partial charge in [-0.3, -0.25) is 0 Å². The summed E-state index contributed by atoms with van der Waals surface area (Å²) in [7, 11) is 0. The monoisotopic (exact) mass is 300 g/mol. The van der Waals surface area contributed by atoms with Crippen LogP contribution >= 0.6 is 11.6 Å². The average molecular weight is 301 g/mol. The summed E-state index contributed by atoms with van der Waals surface area (Å²) in [4.78, 5) is 16.9. The second-order valence-electron chi connectivity index (χ2n) is 4.77. The highest BCUT2D eigenvalue weighted by molar-refractivity contribution is 6.28. The number of fused-ring (bicyclic) bond motifs is 1. The Bertz CT molecular complexity index is 791. The summed E-state index contributed by atoms with van der Waals surface area (Å²) in [5.74, 6) is 0.399. The summed E-state index contributed by atoms with van der Waals surface area (Å²) in [6.07, 6.45) is -0.0409. The predicted molar refractivity (Wildman–Crippen MR) is 81.3 cm³/mol. The van der Waals surface area contributed by atoms with Gasteiger partial charge in [-0.25, -0.2) is 4.98 Å². The number of rotatable bonds is 3. The Labute approximate surface area is 127 Å². The van der Waals surface area contributed by atoms with Crippen LogP contribution in [0.15, 0.2) is 36.4 Å². The zero-order chi connectivity index (χ0) is 14.8. The van der Waals surface area contributed by atoms with Gasteiger partial charge < -0.3 is 4.74 Å². The second kappa shape index (κ2) is 5.61. The van der Waals surface area contributed by atoms with Crippen molar-refractivity contribution in [2.24, 2.45) is 0 Å². The quantitative estimate of drug-likeness (QED) is 0.740. The molecule has 0 aliphatic carbocycles. The van der Waals surface area contributed by atoms with Crippen molar-refractivity contribution in [2.75, 3.05) is 0 Å². The number of para-hydroxylation sites is 1. The van der Waals surface area contributed by atoms with Gasteiger partial charge in [0.25, 0.3) is 0 Å². The van der Waals surface area contributed by atoms with Crippen molar-refractivity contribution in [3.05, 3.63) is 41.7 Å². The Kier molecular flexibility index (Phi) is 3.66. The number of benzene rings is 1. The van der Waals surface area contributed by atoms with E-state index in [2.05, 4.69) is 19.9 Å². The molecule has 0 saturated carbocycles. The molecule has 0 amide bonds. The third-order valence-corrected chi connectivity index (χ3v) is 2.93. The maximum atomic E-state index is 5.93. The molecule has 2 aromatic heterocycles. The van der Waals surface area contributed by atoms with Crippen molar-refractivity contribution in [1.29, 1.82) is 0 Å². The molecule has 106 valence electrons. The van der Waals surface area contributed by atoms with Crippen LogP contribution in [0.25, 0.3) is 22.4 Å². The van der Waals surface area contributed by atoms with Crippen LogP contribution in [0.5, 0.6) is 6.01 Å². The third-order valence-electron chi connectivity index (χ3n) is 2.76. The van der Waals surface area contributed by atoms with Crippen LogP contribution in [0, 0.1) is 0 Å². The first-order valence-corrected chi connectivity index (χ1v) is 6.94. The first-order valence-electron chi connectivity index (χ1n) is 6.56. The third kappa shape index (κ3) is 3.08. The topological polar surface area (TPSA) is 60.8 Å². The van der Waals surface area contributed by atoms with E-state index >= 15 is 0 Å². The fourth-order valence-corrected chi connectivity index (χ4v) is 2.05. The molecule has 0 unspecified atom stereocenters. The first-order chi connectivity index (χ1) is 10.1. The summed E-state index contributed by atoms with van der Waals surface area (Å²) in [6, 6.07) is 11.9. The fourth-order valence-electron chi connectivity index (χ4n) is 1.90. The van der Waals surface area contributed by atoms with Gasteiger partial charge >= 0.3 is 6.01 Å². The first kappa shape index (κ1) is 13.7. The molecule has 21 heavy (non-hydrogen) atoms. The van der Waals surface area contributed by atoms with Crippen molar-refractivity contribution >= 4 is 22.5 Å². The molecule has 0 aliphatic rings. The molecular formula is C15H13ClN4O. The standard InChI is InChI=1S/C15H13ClN4O/c1-9(2)21-15-19-13(18-14(16)20-15)12-8-7-10-5-3-4-6-11(10)17-12/h3-9H,1-2H3. The molecule has 3 aromatic rings. The molecule has 0 fully saturated rings. The Hall–Kier alpha value is -2.27. The molecular weight excluding hydrogens is 288 g/mol. The number of hydrogen-bond donors (Lipinski definition) is 0. The smallest absolute Gasteiger partial charge is 0.321 e. The van der Waals surface area contributed by atoms with E-state index in [1.54, 1.807) is 0 Å². The highest BCUT2D eigenvalue weighted by atomic mass is 35.5. The zero-order valence-electron chi connectivity index (χ0n) is 11.6. The van der Waals surface area contributed by atoms with Gasteiger partial charge in [0.05, 0.1) is 11.6 Å². The summed E-state index contributed by atoms with van der Waals surface area (Å²) < 4.78 is 5.47. The van der Waals surface area contributed by atoms with Gasteiger partial charge in [0.1, 0.15) is 5.69 Å². The van der Waals surface area contributed by atoms with Crippen molar-refractivity contribution in [3.8, 4) is 17.5 Å². The lowest BCUT2D eigenvalue weighted by atomic mass is 10.2. The normalized spacial score (nSPS) is 11.0. The highest BCUT2D eigenvalue weighted by Crippen LogP contribution is 2.20. The maximum Gasteiger partial charge on any atom is 0.321 e. The second-order valence-corrected chi connectivity index (χ2v) is 5.10. The van der Waals surface area contributed by atoms with Crippen LogP contribution < -0.4 is 4.74 Å². The Morgan fingerprint density at radius 2 is 1.76 bits per heavy atom. The number of halogens is 1. The number of hydrogen-bond acceptors (Lipinski definition) is 5. The van der Waals surface area contributed by atoms with Gasteiger partial charge in [0, 0.05) is 5.39 Å². The van der Waals surface area contributed by atoms with Crippen LogP contribution in [-0.2, 0) is 0 Å². The molecule has 0 radical (unpaired) electrons. The Balaban J connectivity index is 2.06. The molecule has 6 heteroatoms. The van der Waals surface area contributed by atoms with Crippen LogP contribution in [-0.4, -0.2) is 26.0 Å². The molecule has 1 aromatic carbocycles. The minimum atomic E-state index is -0.0409. The lowest BCUT2D eigenvalue weighted by molar-refractivity contribution is 0.222. The maximum absolute atomic E-state index is 5.93. The van der Waals surface area contributed by atoms with Crippen LogP contribution in [0.3, 0.4) is 0 Å². The number of nitrogens with zero attached hydrogens (tertiary/aromatic N) is 4. The van der Waals surface area contributed by atoms with Gasteiger partial charge in [0.2, 0.25) is 5.28 Å². The van der Waals surface area contributed by atoms with E-state index in [0.717, 1.165) is 10.9 Å². The van der Waals surface area contributed by atoms with Crippen molar-refractivity contribution in [2.45, 2.75) is 20.0 Å². The lowest BCUT2D eigenvalue weighted by Gasteiger charge is -2.08. The number of aromatic nitrogens is 4. The van der Waals surface area contributed by atoms with E-state index in [4.69, 9.17) is 16.3 Å². The van der Waals surface area contributed by atoms with E-state index in [-0.39, 0.29) is 17.4 Å². The summed E-state index contributed by atoms with van der Waals surface area (Å²) in [5.41, 5.74) is 1.50. The lowest BCUT2D eigenvalue weighted by Crippen LogP contribution is -2.09. The SMILES string of the molecule is CC(C)Oc1nc(Cl)nc(-c2ccc3ccccc3n2)n1. The minimum Gasteiger partial charge on any atom is -0.461 e. The molecule has 0 aliphatic heterocycles. The van der Waals surface area contributed by atoms with Gasteiger partial charge in [-0.15, -0.1) is 0 Å². The van der Waals surface area contributed by atoms with E-state index in [0.29, 0.717) is 11.5 Å². The Morgan fingerprint density at radius 3 is 2.57 bits per heavy atom.